The second-order valence-corrected chi connectivity index (χ2v) is 6.79. The van der Waals surface area contributed by atoms with Crippen LogP contribution in [0.1, 0.15) is 11.1 Å². The van der Waals surface area contributed by atoms with Gasteiger partial charge in [0.1, 0.15) is 0 Å². The van der Waals surface area contributed by atoms with Crippen LogP contribution in [0.4, 0.5) is 0 Å². The molecule has 0 aliphatic rings. The van der Waals surface area contributed by atoms with Crippen molar-refractivity contribution in [2.75, 3.05) is 5.84 Å². The molecule has 0 radical (unpaired) electrons. The Morgan fingerprint density at radius 3 is 2.61 bits per heavy atom. The van der Waals surface area contributed by atoms with Gasteiger partial charge in [0.2, 0.25) is 5.16 Å². The quantitative estimate of drug-likeness (QED) is 0.544. The van der Waals surface area contributed by atoms with Gasteiger partial charge in [-0.2, -0.15) is 0 Å². The molecule has 0 atom stereocenters. The Balaban J connectivity index is 1.80. The molecule has 23 heavy (non-hydrogen) atoms. The van der Waals surface area contributed by atoms with Crippen LogP contribution in [-0.4, -0.2) is 14.9 Å². The standard InChI is InChI=1S/C16H14Cl2N4S/c1-10-4-2-3-5-12(10)15-20-21-16(22(15)19)23-9-11-6-7-13(17)14(18)8-11/h2-8H,9,19H2,1H3. The largest absolute Gasteiger partial charge is 0.335 e. The summed E-state index contributed by atoms with van der Waals surface area (Å²) in [5.41, 5.74) is 3.13. The third-order valence-corrected chi connectivity index (χ3v) is 5.16. The molecule has 1 aromatic heterocycles. The molecule has 3 aromatic rings. The lowest BCUT2D eigenvalue weighted by Gasteiger charge is -2.06. The van der Waals surface area contributed by atoms with E-state index >= 15 is 0 Å². The van der Waals surface area contributed by atoms with Crippen LogP contribution in [0.5, 0.6) is 0 Å². The van der Waals surface area contributed by atoms with E-state index in [0.717, 1.165) is 16.7 Å². The van der Waals surface area contributed by atoms with Gasteiger partial charge in [0.15, 0.2) is 5.82 Å². The predicted octanol–water partition coefficient (Wildman–Crippen LogP) is 4.57. The summed E-state index contributed by atoms with van der Waals surface area (Å²) in [5.74, 6) is 7.48. The van der Waals surface area contributed by atoms with Crippen molar-refractivity contribution < 1.29 is 0 Å². The number of hydrogen-bond acceptors (Lipinski definition) is 4. The maximum Gasteiger partial charge on any atom is 0.210 e. The van der Waals surface area contributed by atoms with Gasteiger partial charge >= 0.3 is 0 Å². The topological polar surface area (TPSA) is 56.7 Å². The Morgan fingerprint density at radius 2 is 1.87 bits per heavy atom. The number of aryl methyl sites for hydroxylation is 1. The molecule has 4 nitrogen and oxygen atoms in total. The number of rotatable bonds is 4. The molecule has 0 amide bonds. The highest BCUT2D eigenvalue weighted by atomic mass is 35.5. The molecule has 3 rings (SSSR count). The van der Waals surface area contributed by atoms with E-state index in [4.69, 9.17) is 29.0 Å². The van der Waals surface area contributed by atoms with Gasteiger partial charge in [-0.1, -0.05) is 65.3 Å². The van der Waals surface area contributed by atoms with Gasteiger partial charge in [-0.05, 0) is 30.2 Å². The van der Waals surface area contributed by atoms with E-state index in [2.05, 4.69) is 10.2 Å². The van der Waals surface area contributed by atoms with Crippen LogP contribution >= 0.6 is 35.0 Å². The Bertz CT molecular complexity index is 848. The number of thioether (sulfide) groups is 1. The fourth-order valence-corrected chi connectivity index (χ4v) is 3.28. The van der Waals surface area contributed by atoms with Crippen LogP contribution in [-0.2, 0) is 5.75 Å². The SMILES string of the molecule is Cc1ccccc1-c1nnc(SCc2ccc(Cl)c(Cl)c2)n1N. The molecule has 2 aromatic carbocycles. The molecule has 7 heteroatoms. The van der Waals surface area contributed by atoms with Crippen molar-refractivity contribution in [3.05, 3.63) is 63.6 Å². The van der Waals surface area contributed by atoms with Crippen molar-refractivity contribution in [1.29, 1.82) is 0 Å². The summed E-state index contributed by atoms with van der Waals surface area (Å²) < 4.78 is 1.52. The van der Waals surface area contributed by atoms with E-state index in [1.54, 1.807) is 6.07 Å². The van der Waals surface area contributed by atoms with Crippen LogP contribution in [0.25, 0.3) is 11.4 Å². The van der Waals surface area contributed by atoms with Gasteiger partial charge in [-0.15, -0.1) is 10.2 Å². The molecule has 0 saturated carbocycles. The van der Waals surface area contributed by atoms with Crippen LogP contribution in [0, 0.1) is 6.92 Å². The van der Waals surface area contributed by atoms with Crippen molar-refractivity contribution >= 4 is 35.0 Å². The van der Waals surface area contributed by atoms with Crippen molar-refractivity contribution in [2.24, 2.45) is 0 Å². The van der Waals surface area contributed by atoms with Crippen LogP contribution in [0.3, 0.4) is 0 Å². The van der Waals surface area contributed by atoms with Gasteiger partial charge in [0.25, 0.3) is 0 Å². The zero-order valence-corrected chi connectivity index (χ0v) is 14.7. The summed E-state index contributed by atoms with van der Waals surface area (Å²) in [7, 11) is 0. The first-order valence-corrected chi connectivity index (χ1v) is 8.63. The maximum absolute atomic E-state index is 6.15. The Kier molecular flexibility index (Phi) is 4.80. The molecule has 1 heterocycles. The average molecular weight is 365 g/mol. The molecule has 0 spiro atoms. The predicted molar refractivity (Wildman–Crippen MR) is 96.4 cm³/mol. The fourth-order valence-electron chi connectivity index (χ4n) is 2.16. The Morgan fingerprint density at radius 1 is 1.09 bits per heavy atom. The molecule has 0 saturated heterocycles. The monoisotopic (exact) mass is 364 g/mol. The van der Waals surface area contributed by atoms with Gasteiger partial charge in [0, 0.05) is 11.3 Å². The third kappa shape index (κ3) is 3.47. The second kappa shape index (κ2) is 6.83. The lowest BCUT2D eigenvalue weighted by molar-refractivity contribution is 0.849. The highest BCUT2D eigenvalue weighted by Crippen LogP contribution is 2.28. The normalized spacial score (nSPS) is 10.9. The number of hydrogen-bond donors (Lipinski definition) is 1. The summed E-state index contributed by atoms with van der Waals surface area (Å²) in [6, 6.07) is 13.5. The number of nitrogens with two attached hydrogens (primary N) is 1. The molecule has 2 N–H and O–H groups in total. The highest BCUT2D eigenvalue weighted by Gasteiger charge is 2.13. The highest BCUT2D eigenvalue weighted by molar-refractivity contribution is 7.98. The van der Waals surface area contributed by atoms with Gasteiger partial charge < -0.3 is 5.84 Å². The number of benzene rings is 2. The average Bonchev–Trinajstić information content (AvgIpc) is 2.90. The van der Waals surface area contributed by atoms with E-state index in [9.17, 15) is 0 Å². The first kappa shape index (κ1) is 16.2. The molecule has 0 aliphatic carbocycles. The summed E-state index contributed by atoms with van der Waals surface area (Å²) in [4.78, 5) is 0. The minimum atomic E-state index is 0.541. The van der Waals surface area contributed by atoms with Crippen molar-refractivity contribution in [1.82, 2.24) is 14.9 Å². The molecule has 0 unspecified atom stereocenters. The molecule has 0 fully saturated rings. The molecular formula is C16H14Cl2N4S. The fraction of sp³-hybridized carbons (Fsp3) is 0.125. The van der Waals surface area contributed by atoms with E-state index in [0.29, 0.717) is 26.8 Å². The number of nitrogen functional groups attached to an aromatic ring is 1. The molecule has 0 bridgehead atoms. The number of nitrogens with zero attached hydrogens (tertiary/aromatic N) is 3. The summed E-state index contributed by atoms with van der Waals surface area (Å²) in [6.45, 7) is 2.02. The first-order valence-electron chi connectivity index (χ1n) is 6.89. The van der Waals surface area contributed by atoms with Crippen LogP contribution in [0.15, 0.2) is 47.6 Å². The number of halogens is 2. The third-order valence-electron chi connectivity index (χ3n) is 3.40. The van der Waals surface area contributed by atoms with Crippen LogP contribution in [0.2, 0.25) is 10.0 Å². The number of aromatic nitrogens is 3. The van der Waals surface area contributed by atoms with E-state index in [1.165, 1.54) is 16.4 Å². The first-order chi connectivity index (χ1) is 11.1. The zero-order valence-electron chi connectivity index (χ0n) is 12.3. The zero-order chi connectivity index (χ0) is 16.4. The van der Waals surface area contributed by atoms with Crippen LogP contribution < -0.4 is 5.84 Å². The summed E-state index contributed by atoms with van der Waals surface area (Å²) >= 11 is 13.5. The molecule has 0 aliphatic heterocycles. The minimum absolute atomic E-state index is 0.541. The van der Waals surface area contributed by atoms with Gasteiger partial charge in [0.05, 0.1) is 10.0 Å². The lowest BCUT2D eigenvalue weighted by Crippen LogP contribution is -2.12. The Labute approximate surface area is 148 Å². The van der Waals surface area contributed by atoms with Gasteiger partial charge in [-0.3, -0.25) is 0 Å². The van der Waals surface area contributed by atoms with Crippen molar-refractivity contribution in [3.8, 4) is 11.4 Å². The van der Waals surface area contributed by atoms with Crippen molar-refractivity contribution in [3.63, 3.8) is 0 Å². The molecular weight excluding hydrogens is 351 g/mol. The van der Waals surface area contributed by atoms with E-state index in [-0.39, 0.29) is 0 Å². The summed E-state index contributed by atoms with van der Waals surface area (Å²) in [5, 5.41) is 10.1. The van der Waals surface area contributed by atoms with E-state index < -0.39 is 0 Å². The molecule has 118 valence electrons. The second-order valence-electron chi connectivity index (χ2n) is 5.03. The van der Waals surface area contributed by atoms with E-state index in [1.807, 2.05) is 43.3 Å². The smallest absolute Gasteiger partial charge is 0.210 e. The van der Waals surface area contributed by atoms with Gasteiger partial charge in [-0.25, -0.2) is 4.68 Å². The Hall–Kier alpha value is -1.69. The minimum Gasteiger partial charge on any atom is -0.335 e. The lowest BCUT2D eigenvalue weighted by atomic mass is 10.1. The maximum atomic E-state index is 6.15. The van der Waals surface area contributed by atoms with Crippen molar-refractivity contribution in [2.45, 2.75) is 17.8 Å². The summed E-state index contributed by atoms with van der Waals surface area (Å²) in [6.07, 6.45) is 0.